The molecule has 0 fully saturated rings. The van der Waals surface area contributed by atoms with E-state index in [9.17, 15) is 18.0 Å². The highest BCUT2D eigenvalue weighted by molar-refractivity contribution is 7.71. The second-order valence-electron chi connectivity index (χ2n) is 5.08. The van der Waals surface area contributed by atoms with Gasteiger partial charge in [-0.3, -0.25) is 9.78 Å². The summed E-state index contributed by atoms with van der Waals surface area (Å²) in [5, 5.41) is -0.0956. The molecule has 0 aliphatic heterocycles. The first-order valence-corrected chi connectivity index (χ1v) is 7.44. The number of nitrogens with one attached hydrogen (secondary N) is 1. The van der Waals surface area contributed by atoms with E-state index in [-0.39, 0.29) is 16.1 Å². The van der Waals surface area contributed by atoms with Crippen LogP contribution in [0.1, 0.15) is 5.56 Å². The van der Waals surface area contributed by atoms with E-state index in [0.717, 1.165) is 6.07 Å². The minimum absolute atomic E-state index is 0.0126. The van der Waals surface area contributed by atoms with Gasteiger partial charge in [0.1, 0.15) is 5.65 Å². The van der Waals surface area contributed by atoms with Crippen molar-refractivity contribution in [2.24, 2.45) is 7.05 Å². The Bertz CT molecular complexity index is 1050. The molecule has 0 saturated heterocycles. The lowest BCUT2D eigenvalue weighted by Gasteiger charge is -2.14. The Morgan fingerprint density at radius 1 is 1.25 bits per heavy atom. The standard InChI is InChI=1S/C15H9ClF3N3OS/c1-22-12-11(13(23)21-14(22)24)9(15(17,18)19)6-10(20-12)7-2-4-8(16)5-3-7/h2-6H,1H3,(H,21,23,24). The molecule has 1 N–H and O–H groups in total. The third kappa shape index (κ3) is 2.83. The summed E-state index contributed by atoms with van der Waals surface area (Å²) >= 11 is 10.8. The fourth-order valence-electron chi connectivity index (χ4n) is 2.33. The number of alkyl halides is 3. The van der Waals surface area contributed by atoms with Crippen LogP contribution in [0.5, 0.6) is 0 Å². The number of H-pyrrole nitrogens is 1. The van der Waals surface area contributed by atoms with Crippen LogP contribution in [0.2, 0.25) is 5.02 Å². The molecule has 4 nitrogen and oxygen atoms in total. The molecule has 0 saturated carbocycles. The average Bonchev–Trinajstić information content (AvgIpc) is 2.51. The molecule has 24 heavy (non-hydrogen) atoms. The van der Waals surface area contributed by atoms with Crippen LogP contribution in [-0.2, 0) is 13.2 Å². The molecular weight excluding hydrogens is 363 g/mol. The molecule has 124 valence electrons. The van der Waals surface area contributed by atoms with Crippen LogP contribution in [0, 0.1) is 4.77 Å². The zero-order valence-electron chi connectivity index (χ0n) is 12.1. The van der Waals surface area contributed by atoms with Gasteiger partial charge in [-0.2, -0.15) is 13.2 Å². The van der Waals surface area contributed by atoms with Gasteiger partial charge in [-0.25, -0.2) is 4.98 Å². The van der Waals surface area contributed by atoms with E-state index in [1.165, 1.54) is 11.6 Å². The van der Waals surface area contributed by atoms with Gasteiger partial charge >= 0.3 is 6.18 Å². The predicted molar refractivity (Wildman–Crippen MR) is 87.6 cm³/mol. The van der Waals surface area contributed by atoms with E-state index < -0.39 is 22.7 Å². The van der Waals surface area contributed by atoms with Crippen LogP contribution < -0.4 is 5.56 Å². The number of fused-ring (bicyclic) bond motifs is 1. The SMILES string of the molecule is Cn1c(=S)[nH]c(=O)c2c(C(F)(F)F)cc(-c3ccc(Cl)cc3)nc21. The molecule has 0 atom stereocenters. The highest BCUT2D eigenvalue weighted by Gasteiger charge is 2.35. The largest absolute Gasteiger partial charge is 0.417 e. The molecule has 0 amide bonds. The lowest BCUT2D eigenvalue weighted by atomic mass is 10.1. The van der Waals surface area contributed by atoms with Gasteiger partial charge < -0.3 is 4.57 Å². The van der Waals surface area contributed by atoms with E-state index >= 15 is 0 Å². The van der Waals surface area contributed by atoms with Crippen molar-refractivity contribution in [3.8, 4) is 11.3 Å². The molecule has 1 aromatic carbocycles. The number of aromatic nitrogens is 3. The van der Waals surface area contributed by atoms with Crippen molar-refractivity contribution in [3.63, 3.8) is 0 Å². The lowest BCUT2D eigenvalue weighted by Crippen LogP contribution is -2.19. The van der Waals surface area contributed by atoms with Crippen molar-refractivity contribution >= 4 is 34.9 Å². The molecule has 3 aromatic rings. The summed E-state index contributed by atoms with van der Waals surface area (Å²) in [6.07, 6.45) is -4.72. The first-order chi connectivity index (χ1) is 11.2. The molecule has 0 unspecified atom stereocenters. The van der Waals surface area contributed by atoms with Crippen LogP contribution in [0.25, 0.3) is 22.3 Å². The smallest absolute Gasteiger partial charge is 0.306 e. The van der Waals surface area contributed by atoms with Gasteiger partial charge in [-0.05, 0) is 30.4 Å². The van der Waals surface area contributed by atoms with Gasteiger partial charge in [-0.15, -0.1) is 0 Å². The molecule has 2 aromatic heterocycles. The highest BCUT2D eigenvalue weighted by atomic mass is 35.5. The van der Waals surface area contributed by atoms with Gasteiger partial charge in [0, 0.05) is 17.6 Å². The topological polar surface area (TPSA) is 50.7 Å². The monoisotopic (exact) mass is 371 g/mol. The maximum atomic E-state index is 13.5. The van der Waals surface area contributed by atoms with Gasteiger partial charge in [0.25, 0.3) is 5.56 Å². The molecule has 0 spiro atoms. The number of halogens is 4. The number of rotatable bonds is 1. The molecule has 0 radical (unpaired) electrons. The summed E-state index contributed by atoms with van der Waals surface area (Å²) < 4.78 is 41.6. The third-order valence-electron chi connectivity index (χ3n) is 3.52. The minimum Gasteiger partial charge on any atom is -0.306 e. The number of hydrogen-bond donors (Lipinski definition) is 1. The van der Waals surface area contributed by atoms with Gasteiger partial charge in [0.15, 0.2) is 4.77 Å². The normalized spacial score (nSPS) is 11.9. The van der Waals surface area contributed by atoms with E-state index in [1.54, 1.807) is 24.3 Å². The number of pyridine rings is 1. The first-order valence-electron chi connectivity index (χ1n) is 6.65. The molecular formula is C15H9ClF3N3OS. The van der Waals surface area contributed by atoms with Crippen LogP contribution in [0.15, 0.2) is 35.1 Å². The summed E-state index contributed by atoms with van der Waals surface area (Å²) in [5.41, 5.74) is -1.61. The number of hydrogen-bond acceptors (Lipinski definition) is 3. The van der Waals surface area contributed by atoms with Crippen LogP contribution in [-0.4, -0.2) is 14.5 Å². The number of aromatic amines is 1. The Balaban J connectivity index is 2.46. The maximum absolute atomic E-state index is 13.5. The summed E-state index contributed by atoms with van der Waals surface area (Å²) in [7, 11) is 1.44. The summed E-state index contributed by atoms with van der Waals surface area (Å²) in [6, 6.07) is 7.05. The van der Waals surface area contributed by atoms with Crippen molar-refractivity contribution < 1.29 is 13.2 Å². The fraction of sp³-hybridized carbons (Fsp3) is 0.133. The second kappa shape index (κ2) is 5.71. The minimum atomic E-state index is -4.72. The van der Waals surface area contributed by atoms with Gasteiger partial charge in [-0.1, -0.05) is 23.7 Å². The fourth-order valence-corrected chi connectivity index (χ4v) is 2.64. The number of aryl methyl sites for hydroxylation is 1. The molecule has 0 bridgehead atoms. The number of nitrogens with zero attached hydrogens (tertiary/aromatic N) is 2. The molecule has 9 heteroatoms. The van der Waals surface area contributed by atoms with Crippen LogP contribution in [0.3, 0.4) is 0 Å². The average molecular weight is 372 g/mol. The predicted octanol–water partition coefficient (Wildman–Crippen LogP) is 4.33. The Hall–Kier alpha value is -2.19. The Labute approximate surface area is 143 Å². The third-order valence-corrected chi connectivity index (χ3v) is 4.14. The molecule has 3 rings (SSSR count). The Morgan fingerprint density at radius 3 is 2.46 bits per heavy atom. The zero-order chi connectivity index (χ0) is 17.6. The first kappa shape index (κ1) is 16.7. The van der Waals surface area contributed by atoms with E-state index in [4.69, 9.17) is 23.8 Å². The van der Waals surface area contributed by atoms with Crippen molar-refractivity contribution in [1.29, 1.82) is 0 Å². The van der Waals surface area contributed by atoms with E-state index in [2.05, 4.69) is 9.97 Å². The maximum Gasteiger partial charge on any atom is 0.417 e. The summed E-state index contributed by atoms with van der Waals surface area (Å²) in [5.74, 6) is 0. The van der Waals surface area contributed by atoms with Crippen molar-refractivity contribution in [1.82, 2.24) is 14.5 Å². The van der Waals surface area contributed by atoms with Crippen molar-refractivity contribution in [2.45, 2.75) is 6.18 Å². The number of benzene rings is 1. The molecule has 0 aliphatic rings. The van der Waals surface area contributed by atoms with Crippen molar-refractivity contribution in [3.05, 3.63) is 56.0 Å². The van der Waals surface area contributed by atoms with Gasteiger partial charge in [0.2, 0.25) is 0 Å². The summed E-state index contributed by atoms with van der Waals surface area (Å²) in [6.45, 7) is 0. The lowest BCUT2D eigenvalue weighted by molar-refractivity contribution is -0.136. The Morgan fingerprint density at radius 2 is 1.88 bits per heavy atom. The summed E-state index contributed by atoms with van der Waals surface area (Å²) in [4.78, 5) is 18.4. The second-order valence-corrected chi connectivity index (χ2v) is 5.90. The van der Waals surface area contributed by atoms with Gasteiger partial charge in [0.05, 0.1) is 16.6 Å². The molecule has 2 heterocycles. The van der Waals surface area contributed by atoms with Crippen LogP contribution >= 0.6 is 23.8 Å². The molecule has 0 aliphatic carbocycles. The van der Waals surface area contributed by atoms with Crippen molar-refractivity contribution in [2.75, 3.05) is 0 Å². The van der Waals surface area contributed by atoms with E-state index in [0.29, 0.717) is 10.6 Å². The highest BCUT2D eigenvalue weighted by Crippen LogP contribution is 2.35. The quantitative estimate of drug-likeness (QED) is 0.648. The zero-order valence-corrected chi connectivity index (χ0v) is 13.7. The van der Waals surface area contributed by atoms with E-state index in [1.807, 2.05) is 0 Å². The Kier molecular flexibility index (Phi) is 3.97. The van der Waals surface area contributed by atoms with Crippen LogP contribution in [0.4, 0.5) is 13.2 Å².